The fraction of sp³-hybridized carbons (Fsp3) is 0.667. The number of likely N-dealkylation sites (tertiary alicyclic amines) is 1. The summed E-state index contributed by atoms with van der Waals surface area (Å²) in [5.74, 6) is 0.217. The van der Waals surface area contributed by atoms with Crippen LogP contribution in [0.25, 0.3) is 0 Å². The van der Waals surface area contributed by atoms with E-state index in [1.54, 1.807) is 13.8 Å². The van der Waals surface area contributed by atoms with Crippen LogP contribution in [-0.2, 0) is 0 Å². The summed E-state index contributed by atoms with van der Waals surface area (Å²) in [6, 6.07) is 2.61. The molecule has 128 valence electrons. The van der Waals surface area contributed by atoms with Crippen LogP contribution in [0.3, 0.4) is 0 Å². The molecule has 1 aromatic rings. The summed E-state index contributed by atoms with van der Waals surface area (Å²) in [6.45, 7) is 9.62. The van der Waals surface area contributed by atoms with Gasteiger partial charge in [0.25, 0.3) is 5.91 Å². The number of nitrogens with one attached hydrogen (secondary N) is 1. The molecule has 5 heteroatoms. The Kier molecular flexibility index (Phi) is 5.99. The number of nitrogens with zero attached hydrogens (tertiary/aromatic N) is 1. The summed E-state index contributed by atoms with van der Waals surface area (Å²) in [5.41, 5.74) is 0.725. The summed E-state index contributed by atoms with van der Waals surface area (Å²) in [5, 5.41) is 2.94. The number of carbonyl (C=O) groups is 1. The lowest BCUT2D eigenvalue weighted by Crippen LogP contribution is -2.44. The molecule has 0 radical (unpaired) electrons. The Morgan fingerprint density at radius 1 is 1.30 bits per heavy atom. The molecule has 0 aromatic carbocycles. The van der Waals surface area contributed by atoms with Gasteiger partial charge in [-0.2, -0.15) is 0 Å². The van der Waals surface area contributed by atoms with Crippen molar-refractivity contribution in [1.29, 1.82) is 0 Å². The van der Waals surface area contributed by atoms with Crippen LogP contribution in [-0.4, -0.2) is 36.0 Å². The molecule has 0 unspecified atom stereocenters. The van der Waals surface area contributed by atoms with Crippen LogP contribution in [0.5, 0.6) is 0 Å². The van der Waals surface area contributed by atoms with Crippen molar-refractivity contribution in [2.24, 2.45) is 0 Å². The minimum atomic E-state index is -0.412. The maximum absolute atomic E-state index is 12.3. The summed E-state index contributed by atoms with van der Waals surface area (Å²) in [4.78, 5) is 26.1. The van der Waals surface area contributed by atoms with Gasteiger partial charge in [0.1, 0.15) is 5.76 Å². The number of piperidine rings is 1. The smallest absolute Gasteiger partial charge is 0.336 e. The minimum Gasteiger partial charge on any atom is -0.427 e. The Hall–Kier alpha value is -1.62. The minimum absolute atomic E-state index is 0.163. The van der Waals surface area contributed by atoms with Gasteiger partial charge in [0.15, 0.2) is 0 Å². The van der Waals surface area contributed by atoms with Crippen LogP contribution < -0.4 is 10.9 Å². The monoisotopic (exact) mass is 320 g/mol. The van der Waals surface area contributed by atoms with Gasteiger partial charge in [-0.25, -0.2) is 4.79 Å². The van der Waals surface area contributed by atoms with E-state index >= 15 is 0 Å². The molecule has 2 rings (SSSR count). The molecule has 0 aliphatic carbocycles. The highest BCUT2D eigenvalue weighted by molar-refractivity contribution is 5.96. The first-order valence-corrected chi connectivity index (χ1v) is 8.55. The van der Waals surface area contributed by atoms with Gasteiger partial charge < -0.3 is 9.73 Å². The van der Waals surface area contributed by atoms with Gasteiger partial charge in [-0.3, -0.25) is 9.69 Å². The van der Waals surface area contributed by atoms with Gasteiger partial charge in [-0.15, -0.1) is 0 Å². The molecule has 23 heavy (non-hydrogen) atoms. The molecular weight excluding hydrogens is 292 g/mol. The van der Waals surface area contributed by atoms with Gasteiger partial charge in [0, 0.05) is 31.2 Å². The lowest BCUT2D eigenvalue weighted by Gasteiger charge is -2.39. The van der Waals surface area contributed by atoms with Crippen molar-refractivity contribution in [3.63, 3.8) is 0 Å². The third-order valence-corrected chi connectivity index (χ3v) is 4.82. The predicted octanol–water partition coefficient (Wildman–Crippen LogP) is 2.64. The van der Waals surface area contributed by atoms with E-state index in [0.717, 1.165) is 13.0 Å². The van der Waals surface area contributed by atoms with Crippen molar-refractivity contribution in [2.45, 2.75) is 65.5 Å². The summed E-state index contributed by atoms with van der Waals surface area (Å²) < 4.78 is 5.02. The molecule has 2 atom stereocenters. The van der Waals surface area contributed by atoms with Crippen molar-refractivity contribution in [1.82, 2.24) is 10.2 Å². The second-order valence-corrected chi connectivity index (χ2v) is 6.66. The number of hydrogen-bond donors (Lipinski definition) is 1. The van der Waals surface area contributed by atoms with Crippen molar-refractivity contribution in [3.8, 4) is 0 Å². The Balaban J connectivity index is 1.85. The van der Waals surface area contributed by atoms with Gasteiger partial charge in [-0.1, -0.05) is 6.42 Å². The van der Waals surface area contributed by atoms with Crippen molar-refractivity contribution >= 4 is 5.91 Å². The molecule has 0 saturated carbocycles. The van der Waals surface area contributed by atoms with Gasteiger partial charge in [0.05, 0.1) is 5.56 Å². The lowest BCUT2D eigenvalue weighted by atomic mass is 9.97. The molecule has 1 N–H and O–H groups in total. The topological polar surface area (TPSA) is 62.6 Å². The van der Waals surface area contributed by atoms with E-state index in [1.807, 2.05) is 0 Å². The van der Waals surface area contributed by atoms with Gasteiger partial charge in [-0.05, 0) is 52.5 Å². The van der Waals surface area contributed by atoms with E-state index in [-0.39, 0.29) is 5.91 Å². The van der Waals surface area contributed by atoms with E-state index in [1.165, 1.54) is 25.3 Å². The molecule has 1 aromatic heterocycles. The number of hydrogen-bond acceptors (Lipinski definition) is 4. The van der Waals surface area contributed by atoms with E-state index < -0.39 is 5.63 Å². The van der Waals surface area contributed by atoms with Crippen LogP contribution in [0.4, 0.5) is 0 Å². The molecule has 1 aliphatic rings. The fourth-order valence-corrected chi connectivity index (χ4v) is 3.56. The van der Waals surface area contributed by atoms with Crippen LogP contribution in [0.1, 0.15) is 61.2 Å². The first kappa shape index (κ1) is 17.7. The first-order chi connectivity index (χ1) is 10.9. The highest BCUT2D eigenvalue weighted by Crippen LogP contribution is 2.22. The average molecular weight is 320 g/mol. The molecule has 1 aliphatic heterocycles. The zero-order valence-corrected chi connectivity index (χ0v) is 14.6. The zero-order valence-electron chi connectivity index (χ0n) is 14.6. The fourth-order valence-electron chi connectivity index (χ4n) is 3.56. The molecule has 0 bridgehead atoms. The quantitative estimate of drug-likeness (QED) is 0.847. The first-order valence-electron chi connectivity index (χ1n) is 8.55. The lowest BCUT2D eigenvalue weighted by molar-refractivity contribution is 0.0922. The largest absolute Gasteiger partial charge is 0.427 e. The molecule has 5 nitrogen and oxygen atoms in total. The molecule has 1 saturated heterocycles. The van der Waals surface area contributed by atoms with E-state index in [0.29, 0.717) is 35.5 Å². The number of aryl methyl sites for hydroxylation is 2. The molecule has 0 spiro atoms. The summed E-state index contributed by atoms with van der Waals surface area (Å²) in [6.07, 6.45) is 4.76. The molecule has 1 amide bonds. The van der Waals surface area contributed by atoms with Crippen LogP contribution in [0, 0.1) is 13.8 Å². The standard InChI is InChI=1S/C18H28N2O3/c1-12-11-16(21)23-15(4)17(12)18(22)19-9-6-10-20-13(2)7-5-8-14(20)3/h11,13-14H,5-10H2,1-4H3,(H,19,22)/t13-,14-/m0/s1. The highest BCUT2D eigenvalue weighted by atomic mass is 16.4. The maximum Gasteiger partial charge on any atom is 0.336 e. The van der Waals surface area contributed by atoms with E-state index in [2.05, 4.69) is 24.1 Å². The van der Waals surface area contributed by atoms with Crippen molar-refractivity contribution in [3.05, 3.63) is 33.4 Å². The Morgan fingerprint density at radius 2 is 1.96 bits per heavy atom. The molecule has 1 fully saturated rings. The van der Waals surface area contributed by atoms with Gasteiger partial charge in [0.2, 0.25) is 0 Å². The summed E-state index contributed by atoms with van der Waals surface area (Å²) in [7, 11) is 0. The van der Waals surface area contributed by atoms with Crippen LogP contribution in [0.2, 0.25) is 0 Å². The Bertz CT molecular complexity index is 573. The zero-order chi connectivity index (χ0) is 17.0. The molecule has 2 heterocycles. The number of amides is 1. The van der Waals surface area contributed by atoms with Crippen LogP contribution >= 0.6 is 0 Å². The van der Waals surface area contributed by atoms with Crippen molar-refractivity contribution in [2.75, 3.05) is 13.1 Å². The number of rotatable bonds is 5. The summed E-state index contributed by atoms with van der Waals surface area (Å²) >= 11 is 0. The normalized spacial score (nSPS) is 22.1. The van der Waals surface area contributed by atoms with Gasteiger partial charge >= 0.3 is 5.63 Å². The van der Waals surface area contributed by atoms with Crippen molar-refractivity contribution < 1.29 is 9.21 Å². The Labute approximate surface area is 138 Å². The van der Waals surface area contributed by atoms with E-state index in [9.17, 15) is 9.59 Å². The Morgan fingerprint density at radius 3 is 2.57 bits per heavy atom. The maximum atomic E-state index is 12.3. The predicted molar refractivity (Wildman–Crippen MR) is 90.9 cm³/mol. The number of carbonyl (C=O) groups excluding carboxylic acids is 1. The van der Waals surface area contributed by atoms with E-state index in [4.69, 9.17) is 4.42 Å². The average Bonchev–Trinajstić information content (AvgIpc) is 2.44. The molecular formula is C18H28N2O3. The second-order valence-electron chi connectivity index (χ2n) is 6.66. The second kappa shape index (κ2) is 7.77. The SMILES string of the molecule is Cc1cc(=O)oc(C)c1C(=O)NCCCN1[C@@H](C)CCC[C@@H]1C. The highest BCUT2D eigenvalue weighted by Gasteiger charge is 2.23. The third-order valence-electron chi connectivity index (χ3n) is 4.82. The van der Waals surface area contributed by atoms with Crippen LogP contribution in [0.15, 0.2) is 15.3 Å². The third kappa shape index (κ3) is 4.44.